The number of anilines is 10. The van der Waals surface area contributed by atoms with Crippen molar-refractivity contribution in [3.63, 3.8) is 0 Å². The maximum absolute atomic E-state index is 6.75. The monoisotopic (exact) mass is 1740 g/mol. The molecule has 6 aliphatic rings. The molecule has 0 saturated heterocycles. The molecule has 0 aliphatic carbocycles. The van der Waals surface area contributed by atoms with E-state index >= 15 is 0 Å². The van der Waals surface area contributed by atoms with Crippen molar-refractivity contribution in [1.29, 1.82) is 0 Å². The Morgan fingerprint density at radius 3 is 0.828 bits per heavy atom. The number of hydrogen-bond donors (Lipinski definition) is 0. The Bertz CT molecular complexity index is 6880. The first kappa shape index (κ1) is 83.8. The molecular weight excluding hydrogens is 1640 g/mol. The van der Waals surface area contributed by atoms with Gasteiger partial charge in [0.05, 0.1) is 22.7 Å². The summed E-state index contributed by atoms with van der Waals surface area (Å²) in [6, 6.07) is 111. The highest BCUT2D eigenvalue weighted by Crippen LogP contribution is 2.61. The van der Waals surface area contributed by atoms with Crippen LogP contribution in [0.15, 0.2) is 366 Å². The SMILES string of the molecule is CC(C)c1ccc(N2/C(=C3\Sc4ccccc4N3c3ccc(C(C)C)cc3)Sc3ccccc32)cc1.CC1=C(C)N(c2ccc3c4ccccc4c4ccccc4c3c2)/C(=C2\SC(C)=C(C)N2c2ccc3c4ccccc4c4ccccc4c3c2)S1.Cc1cc2c(cc1C)N(c1ccc(C(C)(C)C)cc1)/C(=C1\Oc3cc(C)c(C)cc3N1c1ccc(C(C)(C)C)cc1)O2. The molecule has 6 aliphatic heterocycles. The summed E-state index contributed by atoms with van der Waals surface area (Å²) in [6.07, 6.45) is 0. The third-order valence-electron chi connectivity index (χ3n) is 26.2. The van der Waals surface area contributed by atoms with E-state index in [-0.39, 0.29) is 10.8 Å². The third-order valence-corrected chi connectivity index (χ3v) is 31.1. The van der Waals surface area contributed by atoms with Crippen LogP contribution in [0.25, 0.3) is 64.6 Å². The minimum Gasteiger partial charge on any atom is -0.433 e. The van der Waals surface area contributed by atoms with Crippen molar-refractivity contribution in [2.75, 3.05) is 29.4 Å². The van der Waals surface area contributed by atoms with Crippen molar-refractivity contribution in [3.05, 3.63) is 401 Å². The summed E-state index contributed by atoms with van der Waals surface area (Å²) in [5, 5.41) is 20.6. The quantitative estimate of drug-likeness (QED) is 0.136. The number of benzene rings is 16. The highest BCUT2D eigenvalue weighted by Gasteiger charge is 2.42. The molecule has 0 unspecified atom stereocenters. The van der Waals surface area contributed by atoms with Crippen LogP contribution in [0.3, 0.4) is 0 Å². The maximum atomic E-state index is 6.75. The molecule has 0 amide bonds. The molecule has 12 heteroatoms. The van der Waals surface area contributed by atoms with Crippen LogP contribution in [0.4, 0.5) is 56.9 Å². The molecule has 16 aromatic rings. The van der Waals surface area contributed by atoms with Crippen LogP contribution in [-0.4, -0.2) is 0 Å². The first-order valence-electron chi connectivity index (χ1n) is 44.6. The van der Waals surface area contributed by atoms with E-state index in [0.29, 0.717) is 23.6 Å². The van der Waals surface area contributed by atoms with E-state index in [1.165, 1.54) is 194 Å². The topological polar surface area (TPSA) is 37.9 Å². The van der Waals surface area contributed by atoms with Crippen LogP contribution in [-0.2, 0) is 10.8 Å². The smallest absolute Gasteiger partial charge is 0.268 e. The summed E-state index contributed by atoms with van der Waals surface area (Å²) >= 11 is 7.52. The number of ether oxygens (including phenoxy) is 2. The molecule has 0 radical (unpaired) electrons. The Balaban J connectivity index is 0.000000122. The van der Waals surface area contributed by atoms with Crippen molar-refractivity contribution >= 4 is 169 Å². The molecule has 0 bridgehead atoms. The normalized spacial score (nSPS) is 16.7. The molecular formula is C116H106N6O2S4. The molecule has 16 aromatic carbocycles. The number of thioether (sulfide) groups is 4. The fourth-order valence-electron chi connectivity index (χ4n) is 18.5. The Labute approximate surface area is 771 Å². The van der Waals surface area contributed by atoms with Gasteiger partial charge in [-0.25, -0.2) is 0 Å². The average molecular weight is 1740 g/mol. The summed E-state index contributed by atoms with van der Waals surface area (Å²) in [5.74, 6) is 4.00. The van der Waals surface area contributed by atoms with Crippen molar-refractivity contribution in [3.8, 4) is 11.5 Å². The van der Waals surface area contributed by atoms with Crippen molar-refractivity contribution < 1.29 is 9.47 Å². The van der Waals surface area contributed by atoms with Gasteiger partial charge in [0.25, 0.3) is 11.8 Å². The van der Waals surface area contributed by atoms with Gasteiger partial charge in [0.2, 0.25) is 0 Å². The summed E-state index contributed by atoms with van der Waals surface area (Å²) in [7, 11) is 0. The second kappa shape index (κ2) is 33.0. The number of allylic oxidation sites excluding steroid dienone is 4. The predicted molar refractivity (Wildman–Crippen MR) is 553 cm³/mol. The van der Waals surface area contributed by atoms with Gasteiger partial charge in [-0.1, -0.05) is 298 Å². The molecule has 0 atom stereocenters. The van der Waals surface area contributed by atoms with Gasteiger partial charge in [-0.3, -0.25) is 9.80 Å². The number of para-hydroxylation sites is 2. The highest BCUT2D eigenvalue weighted by molar-refractivity contribution is 8.10. The molecule has 6 heterocycles. The van der Waals surface area contributed by atoms with Gasteiger partial charge in [0, 0.05) is 65.1 Å². The van der Waals surface area contributed by atoms with E-state index in [2.05, 4.69) is 457 Å². The lowest BCUT2D eigenvalue weighted by Gasteiger charge is -2.29. The van der Waals surface area contributed by atoms with Crippen LogP contribution < -0.4 is 38.9 Å². The molecule has 636 valence electrons. The third kappa shape index (κ3) is 14.8. The van der Waals surface area contributed by atoms with E-state index in [9.17, 15) is 0 Å². The lowest BCUT2D eigenvalue weighted by atomic mass is 9.87. The second-order valence-electron chi connectivity index (χ2n) is 37.2. The van der Waals surface area contributed by atoms with Crippen LogP contribution in [0.5, 0.6) is 11.5 Å². The molecule has 128 heavy (non-hydrogen) atoms. The number of hydrogen-bond acceptors (Lipinski definition) is 12. The predicted octanol–water partition coefficient (Wildman–Crippen LogP) is 34.7. The minimum atomic E-state index is 0.0644. The van der Waals surface area contributed by atoms with Crippen molar-refractivity contribution in [2.45, 2.75) is 157 Å². The zero-order valence-corrected chi connectivity index (χ0v) is 79.4. The first-order chi connectivity index (χ1) is 61.7. The first-order valence-corrected chi connectivity index (χ1v) is 47.9. The number of aryl methyl sites for hydroxylation is 4. The van der Waals surface area contributed by atoms with E-state index in [1.807, 2.05) is 47.0 Å². The summed E-state index contributed by atoms with van der Waals surface area (Å²) in [4.78, 5) is 19.5. The van der Waals surface area contributed by atoms with Gasteiger partial charge < -0.3 is 29.1 Å². The fourth-order valence-corrected chi connectivity index (χ4v) is 23.3. The van der Waals surface area contributed by atoms with Crippen molar-refractivity contribution in [2.24, 2.45) is 0 Å². The van der Waals surface area contributed by atoms with Crippen molar-refractivity contribution in [1.82, 2.24) is 0 Å². The zero-order chi connectivity index (χ0) is 88.6. The number of fused-ring (bicyclic) bond motifs is 16. The second-order valence-corrected chi connectivity index (χ2v) is 41.7. The van der Waals surface area contributed by atoms with Crippen LogP contribution in [0, 0.1) is 27.7 Å². The zero-order valence-electron chi connectivity index (χ0n) is 76.2. The largest absolute Gasteiger partial charge is 0.433 e. The average Bonchev–Trinajstić information content (AvgIpc) is 1.54. The van der Waals surface area contributed by atoms with Gasteiger partial charge in [0.15, 0.2) is 11.5 Å². The number of rotatable bonds is 8. The van der Waals surface area contributed by atoms with Gasteiger partial charge in [-0.15, -0.1) is 0 Å². The summed E-state index contributed by atoms with van der Waals surface area (Å²) in [6.45, 7) is 40.1. The van der Waals surface area contributed by atoms with Gasteiger partial charge >= 0.3 is 0 Å². The molecule has 0 aromatic heterocycles. The molecule has 0 spiro atoms. The lowest BCUT2D eigenvalue weighted by molar-refractivity contribution is 0.367. The van der Waals surface area contributed by atoms with Gasteiger partial charge in [0.1, 0.15) is 20.1 Å². The Kier molecular flexibility index (Phi) is 21.6. The number of nitrogens with zero attached hydrogens (tertiary/aromatic N) is 6. The van der Waals surface area contributed by atoms with E-state index in [4.69, 9.17) is 9.47 Å². The summed E-state index contributed by atoms with van der Waals surface area (Å²) < 4.78 is 13.5. The molecule has 8 nitrogen and oxygen atoms in total. The minimum absolute atomic E-state index is 0.0644. The lowest BCUT2D eigenvalue weighted by Crippen LogP contribution is -2.25. The molecule has 0 saturated carbocycles. The summed E-state index contributed by atoms with van der Waals surface area (Å²) in [5.41, 5.74) is 24.2. The van der Waals surface area contributed by atoms with E-state index in [0.717, 1.165) is 34.2 Å². The standard InChI is InChI=1S/C46H34N2S2.C38H42N2O2.C32H30N2S2/c1-27-29(3)49-45(47(27)31-21-23-41-37-17-7-5-13-33(37)35-15-9-11-19-39(35)43(41)25-31)46-48(28(2)30(4)50-46)32-22-24-42-38-18-8-6-14-34(38)36-16-10-12-20-40(36)44(42)26-32;1-23-19-31-33(21-25(23)3)41-35(39(31)29-15-11-27(12-16-29)37(5,6)7)36-40(30-17-13-28(14-18-30)38(8,9)10)32-20-24(2)26(4)22-34(32)42-36;1-21(2)23-13-17-25(18-14-23)33-27-9-5-7-11-29(27)35-31(33)32-34(28-10-6-8-12-30(28)36-32)26-19-15-24(16-20-26)22(3)4/h5-26H,1-4H3;11-22H,1-10H3;5-22H,1-4H3/b46-45+;36-35+;32-31+. The molecule has 0 N–H and O–H groups in total. The van der Waals surface area contributed by atoms with Crippen LogP contribution >= 0.6 is 47.0 Å². The van der Waals surface area contributed by atoms with Gasteiger partial charge in [-0.2, -0.15) is 0 Å². The van der Waals surface area contributed by atoms with Gasteiger partial charge in [-0.05, 0) is 309 Å². The molecule has 0 fully saturated rings. The molecule has 22 rings (SSSR count). The Hall–Kier alpha value is -12.4. The van der Waals surface area contributed by atoms with E-state index in [1.54, 1.807) is 0 Å². The van der Waals surface area contributed by atoms with Crippen LogP contribution in [0.1, 0.15) is 153 Å². The van der Waals surface area contributed by atoms with Crippen LogP contribution in [0.2, 0.25) is 0 Å². The van der Waals surface area contributed by atoms with E-state index < -0.39 is 0 Å². The fraction of sp³-hybridized carbons (Fsp3) is 0.190. The maximum Gasteiger partial charge on any atom is 0.268 e. The Morgan fingerprint density at radius 1 is 0.242 bits per heavy atom. The highest BCUT2D eigenvalue weighted by atomic mass is 32.2. The Morgan fingerprint density at radius 2 is 0.508 bits per heavy atom.